The number of ether oxygens (including phenoxy) is 3. The van der Waals surface area contributed by atoms with Gasteiger partial charge >= 0.3 is 17.9 Å². The maximum Gasteiger partial charge on any atom is 0.308 e. The highest BCUT2D eigenvalue weighted by molar-refractivity contribution is 5.72. The highest BCUT2D eigenvalue weighted by atomic mass is 16.5. The van der Waals surface area contributed by atoms with Gasteiger partial charge in [-0.2, -0.15) is 0 Å². The molecule has 0 amide bonds. The fourth-order valence-corrected chi connectivity index (χ4v) is 4.38. The zero-order valence-corrected chi connectivity index (χ0v) is 16.0. The van der Waals surface area contributed by atoms with Crippen molar-refractivity contribution >= 4 is 17.9 Å². The van der Waals surface area contributed by atoms with E-state index < -0.39 is 0 Å². The third-order valence-electron chi connectivity index (χ3n) is 5.92. The van der Waals surface area contributed by atoms with Crippen LogP contribution in [-0.4, -0.2) is 38.2 Å². The third kappa shape index (κ3) is 6.29. The Hall–Kier alpha value is -1.59. The monoisotopic (exact) mass is 368 g/mol. The molecule has 0 bridgehead atoms. The van der Waals surface area contributed by atoms with Crippen LogP contribution in [0.4, 0.5) is 0 Å². The number of hydrogen-bond donors (Lipinski definition) is 0. The highest BCUT2D eigenvalue weighted by Gasteiger charge is 2.35. The van der Waals surface area contributed by atoms with Gasteiger partial charge < -0.3 is 14.2 Å². The minimum Gasteiger partial charge on any atom is -0.469 e. The quantitative estimate of drug-likeness (QED) is 0.390. The third-order valence-corrected chi connectivity index (χ3v) is 5.92. The molecule has 26 heavy (non-hydrogen) atoms. The first kappa shape index (κ1) is 20.7. The van der Waals surface area contributed by atoms with Crippen molar-refractivity contribution < 1.29 is 28.6 Å². The SMILES string of the molecule is COC(=O)C1CCC(C2CCC(C(=O)OCCCOC(C)=O)CC2)CC1. The zero-order chi connectivity index (χ0) is 18.9. The Morgan fingerprint density at radius 1 is 0.731 bits per heavy atom. The molecule has 0 unspecified atom stereocenters. The number of methoxy groups -OCH3 is 1. The Morgan fingerprint density at radius 2 is 1.19 bits per heavy atom. The summed E-state index contributed by atoms with van der Waals surface area (Å²) in [6.07, 6.45) is 8.52. The van der Waals surface area contributed by atoms with Crippen LogP contribution < -0.4 is 0 Å². The van der Waals surface area contributed by atoms with Crippen LogP contribution >= 0.6 is 0 Å². The summed E-state index contributed by atoms with van der Waals surface area (Å²) in [5.41, 5.74) is 0. The molecule has 0 aromatic rings. The van der Waals surface area contributed by atoms with Crippen molar-refractivity contribution in [1.82, 2.24) is 0 Å². The molecule has 0 spiro atoms. The molecule has 6 nitrogen and oxygen atoms in total. The van der Waals surface area contributed by atoms with Crippen LogP contribution in [0.5, 0.6) is 0 Å². The van der Waals surface area contributed by atoms with Crippen molar-refractivity contribution in [3.63, 3.8) is 0 Å². The maximum atomic E-state index is 12.1. The topological polar surface area (TPSA) is 78.9 Å². The smallest absolute Gasteiger partial charge is 0.308 e. The average Bonchev–Trinajstić information content (AvgIpc) is 2.67. The molecule has 2 rings (SSSR count). The molecular weight excluding hydrogens is 336 g/mol. The second kappa shape index (κ2) is 10.5. The number of carbonyl (C=O) groups excluding carboxylic acids is 3. The van der Waals surface area contributed by atoms with Crippen molar-refractivity contribution in [2.45, 2.75) is 64.7 Å². The van der Waals surface area contributed by atoms with E-state index in [9.17, 15) is 14.4 Å². The second-order valence-corrected chi connectivity index (χ2v) is 7.61. The Labute approximate surface area is 155 Å². The molecule has 2 fully saturated rings. The van der Waals surface area contributed by atoms with Gasteiger partial charge in [0.1, 0.15) is 0 Å². The van der Waals surface area contributed by atoms with Gasteiger partial charge in [0.15, 0.2) is 0 Å². The van der Waals surface area contributed by atoms with Crippen molar-refractivity contribution in [1.29, 1.82) is 0 Å². The first-order valence-electron chi connectivity index (χ1n) is 9.89. The summed E-state index contributed by atoms with van der Waals surface area (Å²) in [4.78, 5) is 34.4. The summed E-state index contributed by atoms with van der Waals surface area (Å²) in [6.45, 7) is 1.97. The lowest BCUT2D eigenvalue weighted by Crippen LogP contribution is -2.30. The van der Waals surface area contributed by atoms with Crippen molar-refractivity contribution in [2.75, 3.05) is 20.3 Å². The van der Waals surface area contributed by atoms with E-state index in [1.165, 1.54) is 14.0 Å². The van der Waals surface area contributed by atoms with Crippen LogP contribution in [0.1, 0.15) is 64.7 Å². The molecule has 0 atom stereocenters. The van der Waals surface area contributed by atoms with E-state index in [2.05, 4.69) is 0 Å². The summed E-state index contributed by atoms with van der Waals surface area (Å²) in [7, 11) is 1.46. The molecule has 2 saturated carbocycles. The molecule has 0 aromatic carbocycles. The van der Waals surface area contributed by atoms with Crippen molar-refractivity contribution in [3.05, 3.63) is 0 Å². The molecule has 0 N–H and O–H groups in total. The average molecular weight is 368 g/mol. The van der Waals surface area contributed by atoms with Crippen molar-refractivity contribution in [3.8, 4) is 0 Å². The maximum absolute atomic E-state index is 12.1. The fourth-order valence-electron chi connectivity index (χ4n) is 4.38. The normalized spacial score (nSPS) is 28.8. The van der Waals surface area contributed by atoms with E-state index >= 15 is 0 Å². The minimum absolute atomic E-state index is 0.00591. The predicted molar refractivity (Wildman–Crippen MR) is 95.1 cm³/mol. The Balaban J connectivity index is 1.62. The Bertz CT molecular complexity index is 473. The molecule has 0 aliphatic heterocycles. The predicted octanol–water partition coefficient (Wildman–Crippen LogP) is 3.27. The molecule has 148 valence electrons. The van der Waals surface area contributed by atoms with E-state index in [0.717, 1.165) is 51.4 Å². The second-order valence-electron chi connectivity index (χ2n) is 7.61. The molecule has 2 aliphatic carbocycles. The summed E-state index contributed by atoms with van der Waals surface area (Å²) in [5, 5.41) is 0. The molecule has 0 saturated heterocycles. The first-order valence-corrected chi connectivity index (χ1v) is 9.89. The summed E-state index contributed by atoms with van der Waals surface area (Å²) in [5.74, 6) is 0.943. The van der Waals surface area contributed by atoms with Crippen LogP contribution in [0, 0.1) is 23.7 Å². The van der Waals surface area contributed by atoms with Crippen molar-refractivity contribution in [2.24, 2.45) is 23.7 Å². The summed E-state index contributed by atoms with van der Waals surface area (Å²) >= 11 is 0. The molecule has 6 heteroatoms. The van der Waals surface area contributed by atoms with E-state index in [4.69, 9.17) is 14.2 Å². The molecule has 2 aliphatic rings. The zero-order valence-electron chi connectivity index (χ0n) is 16.0. The van der Waals surface area contributed by atoms with Gasteiger partial charge in [-0.25, -0.2) is 0 Å². The van der Waals surface area contributed by atoms with E-state index in [1.54, 1.807) is 0 Å². The highest BCUT2D eigenvalue weighted by Crippen LogP contribution is 2.41. The standard InChI is InChI=1S/C20H32O6/c1-14(21)25-12-3-13-26-20(23)18-10-6-16(7-11-18)15-4-8-17(9-5-15)19(22)24-2/h15-18H,3-13H2,1-2H3. The van der Waals surface area contributed by atoms with Gasteiger partial charge in [0.2, 0.25) is 0 Å². The fraction of sp³-hybridized carbons (Fsp3) is 0.850. The van der Waals surface area contributed by atoms with Crippen LogP contribution in [0.2, 0.25) is 0 Å². The molecule has 0 radical (unpaired) electrons. The lowest BCUT2D eigenvalue weighted by molar-refractivity contribution is -0.151. The molecule has 0 aromatic heterocycles. The van der Waals surface area contributed by atoms with Gasteiger partial charge in [0.05, 0.1) is 32.2 Å². The van der Waals surface area contributed by atoms with Gasteiger partial charge in [0, 0.05) is 13.3 Å². The first-order chi connectivity index (χ1) is 12.5. The number of carbonyl (C=O) groups is 3. The van der Waals surface area contributed by atoms with Crippen LogP contribution in [0.15, 0.2) is 0 Å². The van der Waals surface area contributed by atoms with Gasteiger partial charge in [-0.3, -0.25) is 14.4 Å². The van der Waals surface area contributed by atoms with Gasteiger partial charge in [0.25, 0.3) is 0 Å². The minimum atomic E-state index is -0.310. The van der Waals surface area contributed by atoms with E-state index in [1.807, 2.05) is 0 Å². The summed E-state index contributed by atoms with van der Waals surface area (Å²) < 4.78 is 15.0. The lowest BCUT2D eigenvalue weighted by Gasteiger charge is -2.36. The van der Waals surface area contributed by atoms with Gasteiger partial charge in [-0.1, -0.05) is 0 Å². The molecular formula is C20H32O6. The summed E-state index contributed by atoms with van der Waals surface area (Å²) in [6, 6.07) is 0. The number of rotatable bonds is 7. The van der Waals surface area contributed by atoms with Crippen LogP contribution in [0.3, 0.4) is 0 Å². The molecule has 0 heterocycles. The van der Waals surface area contributed by atoms with Crippen LogP contribution in [-0.2, 0) is 28.6 Å². The number of esters is 3. The van der Waals surface area contributed by atoms with Gasteiger partial charge in [-0.15, -0.1) is 0 Å². The van der Waals surface area contributed by atoms with Crippen LogP contribution in [0.25, 0.3) is 0 Å². The van der Waals surface area contributed by atoms with E-state index in [0.29, 0.717) is 31.5 Å². The van der Waals surface area contributed by atoms with E-state index in [-0.39, 0.29) is 29.7 Å². The largest absolute Gasteiger partial charge is 0.469 e. The number of hydrogen-bond acceptors (Lipinski definition) is 6. The Kier molecular flexibility index (Phi) is 8.39. The van der Waals surface area contributed by atoms with Gasteiger partial charge in [-0.05, 0) is 63.2 Å². The Morgan fingerprint density at radius 3 is 1.65 bits per heavy atom. The lowest BCUT2D eigenvalue weighted by atomic mass is 9.69.